The van der Waals surface area contributed by atoms with Crippen molar-refractivity contribution in [3.63, 3.8) is 0 Å². The van der Waals surface area contributed by atoms with E-state index in [1.54, 1.807) is 12.1 Å². The van der Waals surface area contributed by atoms with Gasteiger partial charge in [-0.1, -0.05) is 18.5 Å². The minimum Gasteiger partial charge on any atom is -0.305 e. The minimum absolute atomic E-state index is 0.155. The van der Waals surface area contributed by atoms with E-state index in [1.165, 1.54) is 6.20 Å². The lowest BCUT2D eigenvalue weighted by Gasteiger charge is -2.03. The van der Waals surface area contributed by atoms with Gasteiger partial charge in [-0.2, -0.15) is 5.10 Å². The van der Waals surface area contributed by atoms with Crippen LogP contribution in [0.4, 0.5) is 5.82 Å². The third-order valence-corrected chi connectivity index (χ3v) is 3.04. The van der Waals surface area contributed by atoms with Gasteiger partial charge in [0.05, 0.1) is 5.56 Å². The Kier molecular flexibility index (Phi) is 3.98. The molecule has 1 amide bonds. The molecule has 2 heterocycles. The van der Waals surface area contributed by atoms with Crippen LogP contribution in [0.1, 0.15) is 23.0 Å². The number of H-pyrrole nitrogens is 1. The number of aromatic amines is 1. The van der Waals surface area contributed by atoms with Crippen LogP contribution in [0.3, 0.4) is 0 Å². The summed E-state index contributed by atoms with van der Waals surface area (Å²) >= 11 is 9.11. The van der Waals surface area contributed by atoms with Crippen LogP contribution in [-0.2, 0) is 6.42 Å². The second kappa shape index (κ2) is 5.49. The van der Waals surface area contributed by atoms with Gasteiger partial charge in [-0.05, 0) is 28.4 Å². The van der Waals surface area contributed by atoms with E-state index in [9.17, 15) is 4.79 Å². The summed E-state index contributed by atoms with van der Waals surface area (Å²) in [6.45, 7) is 1.99. The normalized spacial score (nSPS) is 10.4. The Morgan fingerprint density at radius 3 is 3.00 bits per heavy atom. The van der Waals surface area contributed by atoms with Gasteiger partial charge in [0, 0.05) is 22.4 Å². The molecule has 0 aromatic carbocycles. The molecule has 0 fully saturated rings. The zero-order valence-corrected chi connectivity index (χ0v) is 11.8. The fraction of sp³-hybridized carbons (Fsp3) is 0.182. The van der Waals surface area contributed by atoms with Crippen molar-refractivity contribution in [1.82, 2.24) is 15.2 Å². The molecule has 0 atom stereocenters. The molecule has 0 radical (unpaired) electrons. The fourth-order valence-corrected chi connectivity index (χ4v) is 1.89. The highest BCUT2D eigenvalue weighted by Gasteiger charge is 2.13. The highest BCUT2D eigenvalue weighted by molar-refractivity contribution is 9.10. The number of hydrogen-bond acceptors (Lipinski definition) is 3. The van der Waals surface area contributed by atoms with Crippen LogP contribution < -0.4 is 5.32 Å². The summed E-state index contributed by atoms with van der Waals surface area (Å²) in [4.78, 5) is 15.9. The predicted molar refractivity (Wildman–Crippen MR) is 72.9 cm³/mol. The molecule has 2 aromatic rings. The summed E-state index contributed by atoms with van der Waals surface area (Å²) < 4.78 is 0.688. The standard InChI is InChI=1S/C11H10BrClN4O/c1-2-7-4-9(17-16-7)15-11(18)8-3-6(12)5-14-10(8)13/h3-5H,2H2,1H3,(H2,15,16,17,18). The molecular formula is C11H10BrClN4O. The van der Waals surface area contributed by atoms with Crippen LogP contribution >= 0.6 is 27.5 Å². The van der Waals surface area contributed by atoms with Crippen molar-refractivity contribution in [2.75, 3.05) is 5.32 Å². The highest BCUT2D eigenvalue weighted by Crippen LogP contribution is 2.19. The van der Waals surface area contributed by atoms with Crippen LogP contribution in [-0.4, -0.2) is 21.1 Å². The monoisotopic (exact) mass is 328 g/mol. The Morgan fingerprint density at radius 2 is 2.33 bits per heavy atom. The van der Waals surface area contributed by atoms with Gasteiger partial charge in [-0.25, -0.2) is 4.98 Å². The summed E-state index contributed by atoms with van der Waals surface area (Å²) in [5.74, 6) is 0.121. The van der Waals surface area contributed by atoms with Crippen molar-refractivity contribution >= 4 is 39.3 Å². The molecule has 18 heavy (non-hydrogen) atoms. The number of carbonyl (C=O) groups excluding carboxylic acids is 1. The largest absolute Gasteiger partial charge is 0.305 e. The number of aromatic nitrogens is 3. The highest BCUT2D eigenvalue weighted by atomic mass is 79.9. The molecule has 7 heteroatoms. The van der Waals surface area contributed by atoms with E-state index in [0.717, 1.165) is 12.1 Å². The average Bonchev–Trinajstić information content (AvgIpc) is 2.80. The van der Waals surface area contributed by atoms with E-state index in [0.29, 0.717) is 15.9 Å². The quantitative estimate of drug-likeness (QED) is 0.850. The number of nitrogens with one attached hydrogen (secondary N) is 2. The molecule has 0 aliphatic carbocycles. The first kappa shape index (κ1) is 13.0. The first-order chi connectivity index (χ1) is 8.60. The zero-order valence-electron chi connectivity index (χ0n) is 9.50. The number of anilines is 1. The second-order valence-electron chi connectivity index (χ2n) is 3.58. The van der Waals surface area contributed by atoms with Crippen LogP contribution in [0.2, 0.25) is 5.15 Å². The maximum absolute atomic E-state index is 12.0. The number of nitrogens with zero attached hydrogens (tertiary/aromatic N) is 2. The Bertz CT molecular complexity index is 584. The number of amides is 1. The Labute approximate surface area is 117 Å². The molecule has 0 aliphatic rings. The van der Waals surface area contributed by atoms with Gasteiger partial charge >= 0.3 is 0 Å². The molecule has 94 valence electrons. The molecule has 2 rings (SSSR count). The number of pyridine rings is 1. The van der Waals surface area contributed by atoms with Crippen molar-refractivity contribution in [2.24, 2.45) is 0 Å². The number of halogens is 2. The molecule has 0 bridgehead atoms. The van der Waals surface area contributed by atoms with Crippen molar-refractivity contribution in [3.05, 3.63) is 39.2 Å². The van der Waals surface area contributed by atoms with Gasteiger partial charge in [-0.3, -0.25) is 9.89 Å². The summed E-state index contributed by atoms with van der Waals surface area (Å²) in [6.07, 6.45) is 2.35. The van der Waals surface area contributed by atoms with Crippen molar-refractivity contribution < 1.29 is 4.79 Å². The fourth-order valence-electron chi connectivity index (χ4n) is 1.37. The molecule has 0 unspecified atom stereocenters. The lowest BCUT2D eigenvalue weighted by atomic mass is 10.2. The van der Waals surface area contributed by atoms with E-state index < -0.39 is 0 Å². The summed E-state index contributed by atoms with van der Waals surface area (Å²) in [5.41, 5.74) is 1.25. The summed E-state index contributed by atoms with van der Waals surface area (Å²) in [5, 5.41) is 9.60. The molecule has 2 N–H and O–H groups in total. The Balaban J connectivity index is 2.19. The SMILES string of the molecule is CCc1cc(NC(=O)c2cc(Br)cnc2Cl)n[nH]1. The van der Waals surface area contributed by atoms with Gasteiger partial charge < -0.3 is 5.32 Å². The summed E-state index contributed by atoms with van der Waals surface area (Å²) in [7, 11) is 0. The molecule has 0 saturated carbocycles. The van der Waals surface area contributed by atoms with Gasteiger partial charge in [0.15, 0.2) is 5.82 Å². The van der Waals surface area contributed by atoms with E-state index in [2.05, 4.69) is 36.4 Å². The lowest BCUT2D eigenvalue weighted by Crippen LogP contribution is -2.13. The van der Waals surface area contributed by atoms with E-state index in [1.807, 2.05) is 6.92 Å². The zero-order chi connectivity index (χ0) is 13.1. The Morgan fingerprint density at radius 1 is 1.56 bits per heavy atom. The molecule has 0 saturated heterocycles. The van der Waals surface area contributed by atoms with Crippen LogP contribution in [0.25, 0.3) is 0 Å². The molecule has 5 nitrogen and oxygen atoms in total. The first-order valence-corrected chi connectivity index (χ1v) is 6.44. The Hall–Kier alpha value is -1.40. The third-order valence-electron chi connectivity index (χ3n) is 2.30. The van der Waals surface area contributed by atoms with Crippen molar-refractivity contribution in [3.8, 4) is 0 Å². The van der Waals surface area contributed by atoms with Crippen LogP contribution in [0.15, 0.2) is 22.8 Å². The molecule has 0 spiro atoms. The van der Waals surface area contributed by atoms with Gasteiger partial charge in [-0.15, -0.1) is 0 Å². The lowest BCUT2D eigenvalue weighted by molar-refractivity contribution is 0.102. The number of rotatable bonds is 3. The van der Waals surface area contributed by atoms with Crippen molar-refractivity contribution in [2.45, 2.75) is 13.3 Å². The maximum atomic E-state index is 12.0. The smallest absolute Gasteiger partial charge is 0.260 e. The average molecular weight is 330 g/mol. The molecule has 0 aliphatic heterocycles. The number of carbonyl (C=O) groups is 1. The second-order valence-corrected chi connectivity index (χ2v) is 4.85. The molecule has 2 aromatic heterocycles. The maximum Gasteiger partial charge on any atom is 0.260 e. The molecular weight excluding hydrogens is 320 g/mol. The van der Waals surface area contributed by atoms with E-state index in [-0.39, 0.29) is 11.1 Å². The third kappa shape index (κ3) is 2.88. The summed E-state index contributed by atoms with van der Waals surface area (Å²) in [6, 6.07) is 3.38. The van der Waals surface area contributed by atoms with Gasteiger partial charge in [0.1, 0.15) is 5.15 Å². The van der Waals surface area contributed by atoms with Crippen LogP contribution in [0, 0.1) is 0 Å². The topological polar surface area (TPSA) is 70.7 Å². The van der Waals surface area contributed by atoms with Gasteiger partial charge in [0.2, 0.25) is 0 Å². The number of hydrogen-bond donors (Lipinski definition) is 2. The minimum atomic E-state index is -0.344. The van der Waals surface area contributed by atoms with Gasteiger partial charge in [0.25, 0.3) is 5.91 Å². The first-order valence-electron chi connectivity index (χ1n) is 5.27. The van der Waals surface area contributed by atoms with E-state index >= 15 is 0 Å². The van der Waals surface area contributed by atoms with E-state index in [4.69, 9.17) is 11.6 Å². The predicted octanol–water partition coefficient (Wildman–Crippen LogP) is 3.04. The van der Waals surface area contributed by atoms with Crippen LogP contribution in [0.5, 0.6) is 0 Å². The van der Waals surface area contributed by atoms with Crippen molar-refractivity contribution in [1.29, 1.82) is 0 Å². The number of aryl methyl sites for hydroxylation is 1.